The normalized spacial score (nSPS) is 15.1. The van der Waals surface area contributed by atoms with E-state index in [-0.39, 0.29) is 11.3 Å². The number of hydrogen-bond acceptors (Lipinski definition) is 2. The maximum absolute atomic E-state index is 13.6. The van der Waals surface area contributed by atoms with Crippen LogP contribution in [0.2, 0.25) is 0 Å². The van der Waals surface area contributed by atoms with Gasteiger partial charge in [0, 0.05) is 10.5 Å². The highest BCUT2D eigenvalue weighted by molar-refractivity contribution is 8.03. The van der Waals surface area contributed by atoms with Crippen LogP contribution in [0.3, 0.4) is 0 Å². The molecule has 0 radical (unpaired) electrons. The van der Waals surface area contributed by atoms with Crippen molar-refractivity contribution in [3.05, 3.63) is 102 Å². The van der Waals surface area contributed by atoms with E-state index < -0.39 is 0 Å². The number of carbonyl (C=O) groups excluding carboxylic acids is 1. The number of allylic oxidation sites excluding steroid dienone is 1. The number of carbonyl (C=O) groups is 1. The Hall–Kier alpha value is -2.78. The molecule has 3 aromatic carbocycles. The molecule has 0 saturated heterocycles. The second-order valence-corrected chi connectivity index (χ2v) is 9.57. The Balaban J connectivity index is 1.62. The van der Waals surface area contributed by atoms with Gasteiger partial charge in [-0.2, -0.15) is 0 Å². The number of amides is 1. The minimum Gasteiger partial charge on any atom is -0.299 e. The molecule has 0 saturated carbocycles. The van der Waals surface area contributed by atoms with Gasteiger partial charge in [0.1, 0.15) is 0 Å². The van der Waals surface area contributed by atoms with Crippen LogP contribution >= 0.6 is 11.8 Å². The Morgan fingerprint density at radius 3 is 2.40 bits per heavy atom. The summed E-state index contributed by atoms with van der Waals surface area (Å²) in [5.74, 6) is 0.0691. The van der Waals surface area contributed by atoms with Crippen molar-refractivity contribution in [2.24, 2.45) is 5.41 Å². The van der Waals surface area contributed by atoms with Crippen LogP contribution in [0, 0.1) is 5.41 Å². The van der Waals surface area contributed by atoms with Gasteiger partial charge in [-0.05, 0) is 46.7 Å². The molecule has 0 heterocycles. The number of fused-ring (bicyclic) bond motifs is 1. The maximum Gasteiger partial charge on any atom is 0.255 e. The summed E-state index contributed by atoms with van der Waals surface area (Å²) >= 11 is 1.56. The van der Waals surface area contributed by atoms with Gasteiger partial charge in [0.25, 0.3) is 5.91 Å². The molecule has 0 bridgehead atoms. The molecule has 2 nitrogen and oxygen atoms in total. The standard InChI is InChI=1S/C27H27NOS/c1-20(30-24-16-15-22-12-7-8-13-23(22)18-24)28(19-21-10-5-4-6-11-21)26(29)25-14-9-17-27(25,2)3/h4-8,10-16,18H,1,9,17,19H2,2-3H3. The zero-order valence-corrected chi connectivity index (χ0v) is 18.4. The molecule has 0 aliphatic heterocycles. The maximum atomic E-state index is 13.6. The fourth-order valence-electron chi connectivity index (χ4n) is 3.97. The third kappa shape index (κ3) is 4.36. The molecule has 152 valence electrons. The van der Waals surface area contributed by atoms with E-state index in [2.05, 4.69) is 69.0 Å². The zero-order valence-electron chi connectivity index (χ0n) is 17.6. The third-order valence-electron chi connectivity index (χ3n) is 5.76. The van der Waals surface area contributed by atoms with Gasteiger partial charge in [-0.1, -0.05) is 98.9 Å². The first-order valence-corrected chi connectivity index (χ1v) is 11.2. The van der Waals surface area contributed by atoms with Gasteiger partial charge in [-0.15, -0.1) is 0 Å². The lowest BCUT2D eigenvalue weighted by atomic mass is 9.85. The minimum absolute atomic E-state index is 0.0691. The van der Waals surface area contributed by atoms with E-state index in [1.54, 1.807) is 11.8 Å². The van der Waals surface area contributed by atoms with Crippen LogP contribution in [-0.4, -0.2) is 10.8 Å². The minimum atomic E-state index is -0.0973. The highest BCUT2D eigenvalue weighted by Crippen LogP contribution is 2.41. The van der Waals surface area contributed by atoms with Crippen molar-refractivity contribution in [3.8, 4) is 0 Å². The van der Waals surface area contributed by atoms with E-state index in [1.807, 2.05) is 35.2 Å². The van der Waals surface area contributed by atoms with Crippen molar-refractivity contribution in [2.75, 3.05) is 0 Å². The second-order valence-electron chi connectivity index (χ2n) is 8.42. The van der Waals surface area contributed by atoms with Gasteiger partial charge in [0.2, 0.25) is 0 Å². The van der Waals surface area contributed by atoms with Crippen LogP contribution in [0.15, 0.2) is 101 Å². The average Bonchev–Trinajstić information content (AvgIpc) is 3.11. The van der Waals surface area contributed by atoms with E-state index in [0.717, 1.165) is 33.9 Å². The van der Waals surface area contributed by atoms with E-state index in [4.69, 9.17) is 0 Å². The first-order valence-electron chi connectivity index (χ1n) is 10.4. The molecular weight excluding hydrogens is 386 g/mol. The van der Waals surface area contributed by atoms with Crippen LogP contribution in [0.4, 0.5) is 0 Å². The van der Waals surface area contributed by atoms with E-state index in [0.29, 0.717) is 6.54 Å². The van der Waals surface area contributed by atoms with Crippen molar-refractivity contribution in [3.63, 3.8) is 0 Å². The van der Waals surface area contributed by atoms with Gasteiger partial charge in [0.15, 0.2) is 0 Å². The molecule has 4 rings (SSSR count). The molecule has 3 heteroatoms. The quantitative estimate of drug-likeness (QED) is 0.399. The highest BCUT2D eigenvalue weighted by atomic mass is 32.2. The smallest absolute Gasteiger partial charge is 0.255 e. The summed E-state index contributed by atoms with van der Waals surface area (Å²) in [5.41, 5.74) is 1.90. The van der Waals surface area contributed by atoms with Gasteiger partial charge in [-0.3, -0.25) is 9.69 Å². The zero-order chi connectivity index (χ0) is 21.1. The summed E-state index contributed by atoms with van der Waals surface area (Å²) in [6.07, 6.45) is 4.07. The van der Waals surface area contributed by atoms with Crippen LogP contribution in [0.5, 0.6) is 0 Å². The molecule has 0 atom stereocenters. The van der Waals surface area contributed by atoms with E-state index >= 15 is 0 Å². The molecule has 0 spiro atoms. The monoisotopic (exact) mass is 413 g/mol. The number of thioether (sulfide) groups is 1. The van der Waals surface area contributed by atoms with Crippen LogP contribution in [0.25, 0.3) is 10.8 Å². The third-order valence-corrected chi connectivity index (χ3v) is 6.71. The second kappa shape index (κ2) is 8.53. The highest BCUT2D eigenvalue weighted by Gasteiger charge is 2.35. The number of hydrogen-bond donors (Lipinski definition) is 0. The topological polar surface area (TPSA) is 20.3 Å². The average molecular weight is 414 g/mol. The Kier molecular flexibility index (Phi) is 5.83. The molecule has 0 N–H and O–H groups in total. The fraction of sp³-hybridized carbons (Fsp3) is 0.222. The van der Waals surface area contributed by atoms with Crippen molar-refractivity contribution >= 4 is 28.4 Å². The molecule has 0 aromatic heterocycles. The van der Waals surface area contributed by atoms with Crippen LogP contribution in [0.1, 0.15) is 32.3 Å². The fourth-order valence-corrected chi connectivity index (χ4v) is 4.82. The molecule has 30 heavy (non-hydrogen) atoms. The predicted molar refractivity (Wildman–Crippen MR) is 127 cm³/mol. The largest absolute Gasteiger partial charge is 0.299 e. The Bertz CT molecular complexity index is 1110. The SMILES string of the molecule is C=C(Sc1ccc2ccccc2c1)N(Cc1ccccc1)C(=O)C1=CCCC1(C)C. The summed E-state index contributed by atoms with van der Waals surface area (Å²) in [7, 11) is 0. The molecule has 1 aliphatic carbocycles. The van der Waals surface area contributed by atoms with Crippen molar-refractivity contribution in [1.29, 1.82) is 0 Å². The van der Waals surface area contributed by atoms with Crippen molar-refractivity contribution in [1.82, 2.24) is 4.90 Å². The lowest BCUT2D eigenvalue weighted by Crippen LogP contribution is -2.33. The van der Waals surface area contributed by atoms with Crippen LogP contribution < -0.4 is 0 Å². The summed E-state index contributed by atoms with van der Waals surface area (Å²) in [4.78, 5) is 16.5. The van der Waals surface area contributed by atoms with Crippen LogP contribution in [-0.2, 0) is 11.3 Å². The number of rotatable bonds is 6. The van der Waals surface area contributed by atoms with Crippen molar-refractivity contribution < 1.29 is 4.79 Å². The Morgan fingerprint density at radius 1 is 1.00 bits per heavy atom. The first kappa shape index (κ1) is 20.5. The van der Waals surface area contributed by atoms with Gasteiger partial charge in [-0.25, -0.2) is 0 Å². The van der Waals surface area contributed by atoms with Gasteiger partial charge < -0.3 is 0 Å². The number of benzene rings is 3. The molecule has 1 aliphatic rings. The summed E-state index contributed by atoms with van der Waals surface area (Å²) in [6.45, 7) is 9.14. The molecule has 0 fully saturated rings. The Labute approximate surface area is 183 Å². The lowest BCUT2D eigenvalue weighted by Gasteiger charge is -2.30. The first-order chi connectivity index (χ1) is 14.4. The van der Waals surface area contributed by atoms with E-state index in [1.165, 1.54) is 10.8 Å². The molecule has 3 aromatic rings. The Morgan fingerprint density at radius 2 is 1.70 bits per heavy atom. The van der Waals surface area contributed by atoms with Gasteiger partial charge in [0.05, 0.1) is 11.6 Å². The van der Waals surface area contributed by atoms with Crippen molar-refractivity contribution in [2.45, 2.75) is 38.1 Å². The summed E-state index contributed by atoms with van der Waals surface area (Å²) < 4.78 is 0. The summed E-state index contributed by atoms with van der Waals surface area (Å²) in [5, 5.41) is 3.15. The molecular formula is C27H27NOS. The molecule has 0 unspecified atom stereocenters. The lowest BCUT2D eigenvalue weighted by molar-refractivity contribution is -0.126. The number of nitrogens with zero attached hydrogens (tertiary/aromatic N) is 1. The summed E-state index contributed by atoms with van der Waals surface area (Å²) in [6, 6.07) is 24.8. The molecule has 1 amide bonds. The van der Waals surface area contributed by atoms with Gasteiger partial charge >= 0.3 is 0 Å². The van der Waals surface area contributed by atoms with E-state index in [9.17, 15) is 4.79 Å². The predicted octanol–water partition coefficient (Wildman–Crippen LogP) is 7.18.